The lowest BCUT2D eigenvalue weighted by atomic mass is 10.1. The molecule has 0 spiro atoms. The monoisotopic (exact) mass is 298 g/mol. The number of aliphatic hydroxyl groups excluding tert-OH is 1. The molecule has 1 amide bonds. The van der Waals surface area contributed by atoms with Crippen LogP contribution in [0.25, 0.3) is 0 Å². The van der Waals surface area contributed by atoms with Gasteiger partial charge in [-0.3, -0.25) is 4.79 Å². The standard InChI is InChI=1S/C14H19ClN2O3/c15-13-4-3-11(19)8-12(13)14(20)17(6-7-18)9-10-2-1-5-16-10/h3-4,8,10,16,18-19H,1-2,5-7,9H2. The third-order valence-corrected chi connectivity index (χ3v) is 3.77. The second-order valence-corrected chi connectivity index (χ2v) is 5.34. The Balaban J connectivity index is 2.14. The molecule has 0 bridgehead atoms. The second kappa shape index (κ2) is 6.92. The number of carbonyl (C=O) groups excluding carboxylic acids is 1. The average Bonchev–Trinajstić information content (AvgIpc) is 2.93. The maximum absolute atomic E-state index is 12.5. The first-order valence-electron chi connectivity index (χ1n) is 6.74. The number of phenolic OH excluding ortho intramolecular Hbond substituents is 1. The van der Waals surface area contributed by atoms with E-state index in [-0.39, 0.29) is 36.4 Å². The topological polar surface area (TPSA) is 72.8 Å². The van der Waals surface area contributed by atoms with Crippen LogP contribution in [0.2, 0.25) is 5.02 Å². The Kier molecular flexibility index (Phi) is 5.23. The van der Waals surface area contributed by atoms with Gasteiger partial charge in [0.05, 0.1) is 17.2 Å². The van der Waals surface area contributed by atoms with Crippen molar-refractivity contribution in [2.45, 2.75) is 18.9 Å². The quantitative estimate of drug-likeness (QED) is 0.764. The fraction of sp³-hybridized carbons (Fsp3) is 0.500. The number of hydrogen-bond acceptors (Lipinski definition) is 4. The number of carbonyl (C=O) groups is 1. The summed E-state index contributed by atoms with van der Waals surface area (Å²) in [5.41, 5.74) is 0.262. The number of phenols is 1. The van der Waals surface area contributed by atoms with Crippen molar-refractivity contribution in [2.24, 2.45) is 0 Å². The number of aromatic hydroxyl groups is 1. The molecule has 0 aromatic heterocycles. The van der Waals surface area contributed by atoms with Crippen LogP contribution in [0.3, 0.4) is 0 Å². The van der Waals surface area contributed by atoms with Gasteiger partial charge in [0.15, 0.2) is 0 Å². The minimum atomic E-state index is -0.270. The van der Waals surface area contributed by atoms with E-state index >= 15 is 0 Å². The third kappa shape index (κ3) is 3.62. The van der Waals surface area contributed by atoms with Gasteiger partial charge in [-0.05, 0) is 37.6 Å². The summed E-state index contributed by atoms with van der Waals surface area (Å²) in [6.45, 7) is 1.64. The van der Waals surface area contributed by atoms with Gasteiger partial charge in [0, 0.05) is 19.1 Å². The van der Waals surface area contributed by atoms with E-state index in [0.717, 1.165) is 19.4 Å². The molecule has 1 fully saturated rings. The van der Waals surface area contributed by atoms with Gasteiger partial charge in [0.2, 0.25) is 0 Å². The Bertz CT molecular complexity index is 475. The van der Waals surface area contributed by atoms with Crippen LogP contribution in [0.4, 0.5) is 0 Å². The molecule has 110 valence electrons. The molecule has 1 aromatic rings. The molecule has 2 rings (SSSR count). The maximum atomic E-state index is 12.5. The van der Waals surface area contributed by atoms with Crippen LogP contribution >= 0.6 is 11.6 Å². The number of nitrogens with one attached hydrogen (secondary N) is 1. The van der Waals surface area contributed by atoms with Crippen molar-refractivity contribution in [3.63, 3.8) is 0 Å². The van der Waals surface area contributed by atoms with Gasteiger partial charge in [0.25, 0.3) is 5.91 Å². The number of halogens is 1. The van der Waals surface area contributed by atoms with Crippen LogP contribution in [-0.4, -0.2) is 53.3 Å². The zero-order valence-corrected chi connectivity index (χ0v) is 11.9. The summed E-state index contributed by atoms with van der Waals surface area (Å²) in [7, 11) is 0. The lowest BCUT2D eigenvalue weighted by Gasteiger charge is -2.25. The van der Waals surface area contributed by atoms with Gasteiger partial charge >= 0.3 is 0 Å². The van der Waals surface area contributed by atoms with Crippen molar-refractivity contribution in [2.75, 3.05) is 26.2 Å². The molecule has 3 N–H and O–H groups in total. The number of benzene rings is 1. The summed E-state index contributed by atoms with van der Waals surface area (Å²) in [5.74, 6) is -0.269. The summed E-state index contributed by atoms with van der Waals surface area (Å²) in [6.07, 6.45) is 2.11. The largest absolute Gasteiger partial charge is 0.508 e. The highest BCUT2D eigenvalue weighted by atomic mass is 35.5. The Morgan fingerprint density at radius 1 is 1.50 bits per heavy atom. The fourth-order valence-corrected chi connectivity index (χ4v) is 2.62. The highest BCUT2D eigenvalue weighted by Crippen LogP contribution is 2.23. The van der Waals surface area contributed by atoms with Crippen molar-refractivity contribution < 1.29 is 15.0 Å². The molecule has 1 saturated heterocycles. The number of hydrogen-bond donors (Lipinski definition) is 3. The minimum Gasteiger partial charge on any atom is -0.508 e. The number of rotatable bonds is 5. The van der Waals surface area contributed by atoms with E-state index in [2.05, 4.69) is 5.32 Å². The Hall–Kier alpha value is -1.30. The predicted molar refractivity (Wildman–Crippen MR) is 77.1 cm³/mol. The maximum Gasteiger partial charge on any atom is 0.255 e. The third-order valence-electron chi connectivity index (χ3n) is 3.44. The summed E-state index contributed by atoms with van der Waals surface area (Å²) < 4.78 is 0. The summed E-state index contributed by atoms with van der Waals surface area (Å²) in [4.78, 5) is 14.1. The van der Waals surface area contributed by atoms with Crippen LogP contribution < -0.4 is 5.32 Å². The van der Waals surface area contributed by atoms with Gasteiger partial charge in [-0.25, -0.2) is 0 Å². The highest BCUT2D eigenvalue weighted by molar-refractivity contribution is 6.33. The lowest BCUT2D eigenvalue weighted by molar-refractivity contribution is 0.0706. The summed E-state index contributed by atoms with van der Waals surface area (Å²) >= 11 is 6.02. The van der Waals surface area contributed by atoms with Crippen LogP contribution in [0.1, 0.15) is 23.2 Å². The van der Waals surface area contributed by atoms with E-state index in [1.54, 1.807) is 4.90 Å². The predicted octanol–water partition coefficient (Wildman–Crippen LogP) is 1.23. The molecule has 1 aliphatic heterocycles. The molecule has 0 radical (unpaired) electrons. The second-order valence-electron chi connectivity index (χ2n) is 4.93. The zero-order valence-electron chi connectivity index (χ0n) is 11.2. The van der Waals surface area contributed by atoms with Gasteiger partial charge in [-0.1, -0.05) is 11.6 Å². The number of nitrogens with zero attached hydrogens (tertiary/aromatic N) is 1. The van der Waals surface area contributed by atoms with E-state index in [4.69, 9.17) is 16.7 Å². The Morgan fingerprint density at radius 3 is 2.95 bits per heavy atom. The smallest absolute Gasteiger partial charge is 0.255 e. The number of aliphatic hydroxyl groups is 1. The first-order valence-corrected chi connectivity index (χ1v) is 7.11. The van der Waals surface area contributed by atoms with Crippen molar-refractivity contribution in [1.82, 2.24) is 10.2 Å². The Morgan fingerprint density at radius 2 is 2.30 bits per heavy atom. The van der Waals surface area contributed by atoms with Gasteiger partial charge in [0.1, 0.15) is 5.75 Å². The van der Waals surface area contributed by atoms with Crippen molar-refractivity contribution in [3.05, 3.63) is 28.8 Å². The van der Waals surface area contributed by atoms with Crippen LogP contribution in [0, 0.1) is 0 Å². The summed E-state index contributed by atoms with van der Waals surface area (Å²) in [5, 5.41) is 22.2. The van der Waals surface area contributed by atoms with Crippen molar-refractivity contribution in [3.8, 4) is 5.75 Å². The lowest BCUT2D eigenvalue weighted by Crippen LogP contribution is -2.42. The van der Waals surface area contributed by atoms with Crippen LogP contribution in [0.15, 0.2) is 18.2 Å². The molecule has 1 aromatic carbocycles. The van der Waals surface area contributed by atoms with Gasteiger partial charge in [-0.15, -0.1) is 0 Å². The first-order chi connectivity index (χ1) is 9.61. The van der Waals surface area contributed by atoms with E-state index < -0.39 is 0 Å². The molecular weight excluding hydrogens is 280 g/mol. The molecule has 6 heteroatoms. The summed E-state index contributed by atoms with van der Waals surface area (Å²) in [6, 6.07) is 4.54. The Labute approximate surface area is 123 Å². The molecule has 0 aliphatic carbocycles. The number of amides is 1. The van der Waals surface area contributed by atoms with E-state index in [1.165, 1.54) is 18.2 Å². The molecule has 1 heterocycles. The fourth-order valence-electron chi connectivity index (χ4n) is 2.42. The van der Waals surface area contributed by atoms with Crippen LogP contribution in [0.5, 0.6) is 5.75 Å². The van der Waals surface area contributed by atoms with E-state index in [0.29, 0.717) is 11.6 Å². The molecule has 1 atom stereocenters. The zero-order chi connectivity index (χ0) is 14.5. The van der Waals surface area contributed by atoms with Crippen LogP contribution in [-0.2, 0) is 0 Å². The van der Waals surface area contributed by atoms with E-state index in [1.807, 2.05) is 0 Å². The molecule has 1 aliphatic rings. The minimum absolute atomic E-state index is 0.000639. The normalized spacial score (nSPS) is 18.2. The molecule has 5 nitrogen and oxygen atoms in total. The molecular formula is C14H19ClN2O3. The first kappa shape index (κ1) is 15.1. The van der Waals surface area contributed by atoms with Crippen molar-refractivity contribution in [1.29, 1.82) is 0 Å². The molecule has 1 unspecified atom stereocenters. The van der Waals surface area contributed by atoms with Crippen molar-refractivity contribution >= 4 is 17.5 Å². The molecule has 20 heavy (non-hydrogen) atoms. The highest BCUT2D eigenvalue weighted by Gasteiger charge is 2.23. The van der Waals surface area contributed by atoms with E-state index in [9.17, 15) is 9.90 Å². The SMILES string of the molecule is O=C(c1cc(O)ccc1Cl)N(CCO)CC1CCCN1. The molecule has 0 saturated carbocycles. The van der Waals surface area contributed by atoms with Gasteiger partial charge < -0.3 is 20.4 Å². The average molecular weight is 299 g/mol. The van der Waals surface area contributed by atoms with Gasteiger partial charge in [-0.2, -0.15) is 0 Å².